The number of hydrogen-bond acceptors (Lipinski definition) is 2. The van der Waals surface area contributed by atoms with Crippen LogP contribution in [0.1, 0.15) is 0 Å². The highest BCUT2D eigenvalue weighted by Crippen LogP contribution is 2.41. The first-order valence-corrected chi connectivity index (χ1v) is 8.72. The minimum atomic E-state index is 0.904. The van der Waals surface area contributed by atoms with Gasteiger partial charge in [-0.1, -0.05) is 66.7 Å². The van der Waals surface area contributed by atoms with Gasteiger partial charge in [0.25, 0.3) is 0 Å². The topological polar surface area (TPSA) is 16.4 Å². The van der Waals surface area contributed by atoms with E-state index in [-0.39, 0.29) is 0 Å². The van der Waals surface area contributed by atoms with Gasteiger partial charge in [0.1, 0.15) is 5.58 Å². The molecule has 1 heterocycles. The standard InChI is InChI=1S/C24H17NO/c1-3-10-18(11-4-1)25(19-12-5-2-6-13-19)22-16-9-15-21-20-14-7-8-17-23(20)26-24(21)22/h1-17H. The molecule has 0 aliphatic rings. The molecule has 0 saturated heterocycles. The van der Waals surface area contributed by atoms with Gasteiger partial charge in [0.15, 0.2) is 5.58 Å². The zero-order valence-electron chi connectivity index (χ0n) is 14.2. The van der Waals surface area contributed by atoms with Crippen molar-refractivity contribution < 1.29 is 4.42 Å². The minimum Gasteiger partial charge on any atom is -0.454 e. The van der Waals surface area contributed by atoms with Gasteiger partial charge >= 0.3 is 0 Å². The molecular formula is C24H17NO. The van der Waals surface area contributed by atoms with Gasteiger partial charge in [0, 0.05) is 22.1 Å². The fourth-order valence-electron chi connectivity index (χ4n) is 3.49. The highest BCUT2D eigenvalue weighted by molar-refractivity contribution is 6.10. The molecule has 0 fully saturated rings. The van der Waals surface area contributed by atoms with Crippen LogP contribution in [0, 0.1) is 0 Å². The molecule has 0 aliphatic heterocycles. The zero-order valence-corrected chi connectivity index (χ0v) is 14.2. The second-order valence-corrected chi connectivity index (χ2v) is 6.26. The molecule has 5 rings (SSSR count). The van der Waals surface area contributed by atoms with Crippen LogP contribution in [0.15, 0.2) is 108 Å². The van der Waals surface area contributed by atoms with E-state index in [1.54, 1.807) is 0 Å². The normalized spacial score (nSPS) is 11.1. The predicted octanol–water partition coefficient (Wildman–Crippen LogP) is 7.06. The number of para-hydroxylation sites is 4. The van der Waals surface area contributed by atoms with Crippen molar-refractivity contribution in [3.63, 3.8) is 0 Å². The van der Waals surface area contributed by atoms with Crippen LogP contribution in [0.4, 0.5) is 17.1 Å². The molecule has 0 amide bonds. The van der Waals surface area contributed by atoms with Crippen molar-refractivity contribution in [1.82, 2.24) is 0 Å². The van der Waals surface area contributed by atoms with Gasteiger partial charge in [-0.3, -0.25) is 0 Å². The van der Waals surface area contributed by atoms with Crippen molar-refractivity contribution in [2.24, 2.45) is 0 Å². The Hall–Kier alpha value is -3.52. The van der Waals surface area contributed by atoms with E-state index in [0.29, 0.717) is 0 Å². The second kappa shape index (κ2) is 6.08. The predicted molar refractivity (Wildman–Crippen MR) is 108 cm³/mol. The van der Waals surface area contributed by atoms with Gasteiger partial charge in [0.2, 0.25) is 0 Å². The third kappa shape index (κ3) is 2.35. The summed E-state index contributed by atoms with van der Waals surface area (Å²) in [5, 5.41) is 2.28. The Bertz CT molecular complexity index is 1140. The summed E-state index contributed by atoms with van der Waals surface area (Å²) in [5.41, 5.74) is 5.06. The summed E-state index contributed by atoms with van der Waals surface area (Å²) in [4.78, 5) is 2.24. The van der Waals surface area contributed by atoms with E-state index in [4.69, 9.17) is 4.42 Å². The van der Waals surface area contributed by atoms with Crippen molar-refractivity contribution in [2.45, 2.75) is 0 Å². The van der Waals surface area contributed by atoms with Gasteiger partial charge in [-0.2, -0.15) is 0 Å². The van der Waals surface area contributed by atoms with Gasteiger partial charge in [-0.25, -0.2) is 0 Å². The van der Waals surface area contributed by atoms with Crippen LogP contribution in [0.2, 0.25) is 0 Å². The molecule has 0 bridgehead atoms. The molecule has 0 atom stereocenters. The monoisotopic (exact) mass is 335 g/mol. The summed E-state index contributed by atoms with van der Waals surface area (Å²) in [7, 11) is 0. The Labute approximate surface area is 151 Å². The number of hydrogen-bond donors (Lipinski definition) is 0. The van der Waals surface area contributed by atoms with Crippen LogP contribution in [-0.2, 0) is 0 Å². The van der Waals surface area contributed by atoms with Crippen LogP contribution in [0.3, 0.4) is 0 Å². The Balaban J connectivity index is 1.82. The molecule has 2 heteroatoms. The lowest BCUT2D eigenvalue weighted by Crippen LogP contribution is -2.09. The third-order valence-corrected chi connectivity index (χ3v) is 4.65. The zero-order chi connectivity index (χ0) is 17.3. The Morgan fingerprint density at radius 2 is 1.08 bits per heavy atom. The van der Waals surface area contributed by atoms with E-state index in [1.165, 1.54) is 0 Å². The quantitative estimate of drug-likeness (QED) is 0.351. The summed E-state index contributed by atoms with van der Waals surface area (Å²) in [6.45, 7) is 0. The van der Waals surface area contributed by atoms with E-state index < -0.39 is 0 Å². The molecule has 0 spiro atoms. The Kier molecular flexibility index (Phi) is 3.46. The molecule has 0 aliphatic carbocycles. The largest absolute Gasteiger partial charge is 0.454 e. The lowest BCUT2D eigenvalue weighted by atomic mass is 10.1. The molecule has 4 aromatic carbocycles. The molecule has 1 aromatic heterocycles. The van der Waals surface area contributed by atoms with Crippen molar-refractivity contribution >= 4 is 39.0 Å². The van der Waals surface area contributed by atoms with E-state index in [2.05, 4.69) is 83.8 Å². The number of rotatable bonds is 3. The lowest BCUT2D eigenvalue weighted by Gasteiger charge is -2.25. The molecule has 26 heavy (non-hydrogen) atoms. The molecule has 124 valence electrons. The molecular weight excluding hydrogens is 318 g/mol. The molecule has 5 aromatic rings. The van der Waals surface area contributed by atoms with Crippen LogP contribution < -0.4 is 4.90 Å². The molecule has 0 saturated carbocycles. The molecule has 0 radical (unpaired) electrons. The maximum Gasteiger partial charge on any atom is 0.159 e. The van der Waals surface area contributed by atoms with E-state index in [0.717, 1.165) is 39.0 Å². The van der Waals surface area contributed by atoms with Crippen LogP contribution in [0.5, 0.6) is 0 Å². The summed E-state index contributed by atoms with van der Waals surface area (Å²) in [6.07, 6.45) is 0. The van der Waals surface area contributed by atoms with Crippen molar-refractivity contribution in [3.8, 4) is 0 Å². The van der Waals surface area contributed by atoms with Gasteiger partial charge in [-0.05, 0) is 36.4 Å². The van der Waals surface area contributed by atoms with Crippen molar-refractivity contribution in [2.75, 3.05) is 4.90 Å². The van der Waals surface area contributed by atoms with Gasteiger partial charge in [0.05, 0.1) is 5.69 Å². The van der Waals surface area contributed by atoms with E-state index >= 15 is 0 Å². The van der Waals surface area contributed by atoms with Crippen LogP contribution in [0.25, 0.3) is 21.9 Å². The first-order valence-electron chi connectivity index (χ1n) is 8.72. The van der Waals surface area contributed by atoms with Gasteiger partial charge in [-0.15, -0.1) is 0 Å². The fourth-order valence-corrected chi connectivity index (χ4v) is 3.49. The SMILES string of the molecule is c1ccc(N(c2ccccc2)c2cccc3c2oc2ccccc23)cc1. The number of furan rings is 1. The fraction of sp³-hybridized carbons (Fsp3) is 0. The summed E-state index contributed by atoms with van der Waals surface area (Å²) >= 11 is 0. The molecule has 0 N–H and O–H groups in total. The number of anilines is 3. The number of nitrogens with zero attached hydrogens (tertiary/aromatic N) is 1. The Morgan fingerprint density at radius 1 is 0.500 bits per heavy atom. The lowest BCUT2D eigenvalue weighted by molar-refractivity contribution is 0.669. The average Bonchev–Trinajstić information content (AvgIpc) is 3.10. The van der Waals surface area contributed by atoms with Crippen LogP contribution >= 0.6 is 0 Å². The smallest absolute Gasteiger partial charge is 0.159 e. The second-order valence-electron chi connectivity index (χ2n) is 6.26. The first kappa shape index (κ1) is 14.8. The van der Waals surface area contributed by atoms with Gasteiger partial charge < -0.3 is 9.32 Å². The third-order valence-electron chi connectivity index (χ3n) is 4.65. The highest BCUT2D eigenvalue weighted by Gasteiger charge is 2.18. The Morgan fingerprint density at radius 3 is 1.77 bits per heavy atom. The van der Waals surface area contributed by atoms with E-state index in [1.807, 2.05) is 24.3 Å². The first-order chi connectivity index (χ1) is 12.9. The molecule has 2 nitrogen and oxygen atoms in total. The minimum absolute atomic E-state index is 0.904. The van der Waals surface area contributed by atoms with Crippen molar-refractivity contribution in [1.29, 1.82) is 0 Å². The van der Waals surface area contributed by atoms with Crippen LogP contribution in [-0.4, -0.2) is 0 Å². The molecule has 0 unspecified atom stereocenters. The maximum atomic E-state index is 6.27. The average molecular weight is 335 g/mol. The summed E-state index contributed by atoms with van der Waals surface area (Å²) in [6, 6.07) is 35.3. The summed E-state index contributed by atoms with van der Waals surface area (Å²) < 4.78 is 6.27. The number of fused-ring (bicyclic) bond motifs is 3. The van der Waals surface area contributed by atoms with Crippen molar-refractivity contribution in [3.05, 3.63) is 103 Å². The highest BCUT2D eigenvalue weighted by atomic mass is 16.3. The maximum absolute atomic E-state index is 6.27. The summed E-state index contributed by atoms with van der Waals surface area (Å²) in [5.74, 6) is 0. The number of benzene rings is 4. The van der Waals surface area contributed by atoms with E-state index in [9.17, 15) is 0 Å².